The summed E-state index contributed by atoms with van der Waals surface area (Å²) >= 11 is 0. The maximum Gasteiger partial charge on any atom is 0.308 e. The Balaban J connectivity index is 1.88. The molecule has 0 N–H and O–H groups in total. The highest BCUT2D eigenvalue weighted by atomic mass is 16.5. The first-order valence-electron chi connectivity index (χ1n) is 9.10. The van der Waals surface area contributed by atoms with E-state index < -0.39 is 0 Å². The summed E-state index contributed by atoms with van der Waals surface area (Å²) in [5, 5.41) is 0. The zero-order valence-electron chi connectivity index (χ0n) is 16.8. The molecule has 2 rings (SSSR count). The lowest BCUT2D eigenvalue weighted by Crippen LogP contribution is -2.03. The van der Waals surface area contributed by atoms with E-state index in [2.05, 4.69) is 11.8 Å². The number of benzene rings is 2. The van der Waals surface area contributed by atoms with Gasteiger partial charge < -0.3 is 18.9 Å². The van der Waals surface area contributed by atoms with E-state index in [0.717, 1.165) is 17.7 Å². The Labute approximate surface area is 166 Å². The van der Waals surface area contributed by atoms with Gasteiger partial charge in [-0.25, -0.2) is 0 Å². The van der Waals surface area contributed by atoms with E-state index in [0.29, 0.717) is 30.3 Å². The molecule has 0 aliphatic rings. The molecule has 0 radical (unpaired) electrons. The molecule has 0 saturated heterocycles. The Morgan fingerprint density at radius 2 is 1.71 bits per heavy atom. The van der Waals surface area contributed by atoms with Crippen LogP contribution in [-0.4, -0.2) is 26.8 Å². The van der Waals surface area contributed by atoms with Crippen molar-refractivity contribution in [3.63, 3.8) is 0 Å². The molecule has 28 heavy (non-hydrogen) atoms. The maximum absolute atomic E-state index is 11.3. The number of hydrogen-bond acceptors (Lipinski definition) is 5. The molecule has 0 heterocycles. The van der Waals surface area contributed by atoms with Crippen LogP contribution in [0.4, 0.5) is 0 Å². The number of carbonyl (C=O) groups is 1. The number of rotatable bonds is 8. The molecule has 0 aromatic heterocycles. The van der Waals surface area contributed by atoms with Gasteiger partial charge in [0.1, 0.15) is 17.2 Å². The summed E-state index contributed by atoms with van der Waals surface area (Å²) in [6.45, 7) is 4.56. The molecule has 0 unspecified atom stereocenters. The third kappa shape index (κ3) is 6.98. The van der Waals surface area contributed by atoms with Gasteiger partial charge in [0.2, 0.25) is 0 Å². The third-order valence-corrected chi connectivity index (χ3v) is 4.02. The van der Waals surface area contributed by atoms with Gasteiger partial charge >= 0.3 is 5.97 Å². The van der Waals surface area contributed by atoms with Gasteiger partial charge in [-0.3, -0.25) is 4.79 Å². The summed E-state index contributed by atoms with van der Waals surface area (Å²) in [6, 6.07) is 13.0. The monoisotopic (exact) mass is 382 g/mol. The smallest absolute Gasteiger partial charge is 0.308 e. The van der Waals surface area contributed by atoms with Crippen LogP contribution in [0.5, 0.6) is 17.2 Å². The molecule has 148 valence electrons. The highest BCUT2D eigenvalue weighted by Gasteiger charge is 2.07. The first-order valence-corrected chi connectivity index (χ1v) is 9.10. The van der Waals surface area contributed by atoms with Crippen LogP contribution in [0, 0.1) is 17.8 Å². The SMILES string of the molecule is COc1ccc(COCC[C@@H](C)C#Cc2cc(OC)ccc2OC(C)=O)cc1. The molecular formula is C23H26O5. The van der Waals surface area contributed by atoms with E-state index in [1.807, 2.05) is 31.2 Å². The van der Waals surface area contributed by atoms with Crippen molar-refractivity contribution in [2.45, 2.75) is 26.9 Å². The normalized spacial score (nSPS) is 11.1. The summed E-state index contributed by atoms with van der Waals surface area (Å²) in [5.74, 6) is 7.95. The largest absolute Gasteiger partial charge is 0.497 e. The summed E-state index contributed by atoms with van der Waals surface area (Å²) in [5.41, 5.74) is 1.72. The Morgan fingerprint density at radius 1 is 1.04 bits per heavy atom. The van der Waals surface area contributed by atoms with Gasteiger partial charge in [-0.15, -0.1) is 0 Å². The summed E-state index contributed by atoms with van der Waals surface area (Å²) in [6.07, 6.45) is 0.802. The van der Waals surface area contributed by atoms with E-state index in [-0.39, 0.29) is 11.9 Å². The molecule has 2 aromatic rings. The van der Waals surface area contributed by atoms with Crippen LogP contribution in [0.2, 0.25) is 0 Å². The highest BCUT2D eigenvalue weighted by Crippen LogP contribution is 2.23. The lowest BCUT2D eigenvalue weighted by atomic mass is 10.1. The predicted octanol–water partition coefficient (Wildman–Crippen LogP) is 4.22. The van der Waals surface area contributed by atoms with Crippen LogP contribution in [0.25, 0.3) is 0 Å². The Morgan fingerprint density at radius 3 is 2.36 bits per heavy atom. The number of methoxy groups -OCH3 is 2. The molecule has 0 aliphatic heterocycles. The van der Waals surface area contributed by atoms with Gasteiger partial charge in [-0.1, -0.05) is 30.9 Å². The van der Waals surface area contributed by atoms with E-state index >= 15 is 0 Å². The number of esters is 1. The van der Waals surface area contributed by atoms with E-state index in [4.69, 9.17) is 18.9 Å². The number of carbonyl (C=O) groups excluding carboxylic acids is 1. The minimum absolute atomic E-state index is 0.132. The van der Waals surface area contributed by atoms with Gasteiger partial charge in [-0.2, -0.15) is 0 Å². The third-order valence-electron chi connectivity index (χ3n) is 4.02. The zero-order chi connectivity index (χ0) is 20.4. The summed E-state index contributed by atoms with van der Waals surface area (Å²) < 4.78 is 21.3. The second-order valence-electron chi connectivity index (χ2n) is 6.32. The van der Waals surface area contributed by atoms with Crippen LogP contribution >= 0.6 is 0 Å². The Kier molecular flexibility index (Phi) is 8.38. The Bertz CT molecular complexity index is 830. The lowest BCUT2D eigenvalue weighted by Gasteiger charge is -2.08. The van der Waals surface area contributed by atoms with Crippen molar-refractivity contribution in [3.05, 3.63) is 53.6 Å². The first-order chi connectivity index (χ1) is 13.5. The van der Waals surface area contributed by atoms with Crippen molar-refractivity contribution in [1.29, 1.82) is 0 Å². The fourth-order valence-electron chi connectivity index (χ4n) is 2.42. The lowest BCUT2D eigenvalue weighted by molar-refractivity contribution is -0.131. The van der Waals surface area contributed by atoms with Crippen LogP contribution in [-0.2, 0) is 16.1 Å². The van der Waals surface area contributed by atoms with Gasteiger partial charge in [0.05, 0.1) is 26.4 Å². The molecule has 0 fully saturated rings. The van der Waals surface area contributed by atoms with Crippen LogP contribution in [0.1, 0.15) is 31.4 Å². The van der Waals surface area contributed by atoms with Crippen molar-refractivity contribution in [2.24, 2.45) is 5.92 Å². The molecule has 1 atom stereocenters. The fraction of sp³-hybridized carbons (Fsp3) is 0.348. The van der Waals surface area contributed by atoms with Crippen molar-refractivity contribution < 1.29 is 23.7 Å². The minimum atomic E-state index is -0.381. The van der Waals surface area contributed by atoms with Crippen LogP contribution in [0.3, 0.4) is 0 Å². The minimum Gasteiger partial charge on any atom is -0.497 e. The molecule has 2 aromatic carbocycles. The highest BCUT2D eigenvalue weighted by molar-refractivity contribution is 5.70. The molecule has 0 saturated carbocycles. The molecule has 0 amide bonds. The quantitative estimate of drug-likeness (QED) is 0.296. The number of ether oxygens (including phenoxy) is 4. The Hall–Kier alpha value is -2.97. The van der Waals surface area contributed by atoms with E-state index in [1.165, 1.54) is 6.92 Å². The molecular weight excluding hydrogens is 356 g/mol. The van der Waals surface area contributed by atoms with E-state index in [9.17, 15) is 4.79 Å². The first kappa shape index (κ1) is 21.3. The molecule has 0 aliphatic carbocycles. The number of hydrogen-bond donors (Lipinski definition) is 0. The predicted molar refractivity (Wildman–Crippen MR) is 108 cm³/mol. The van der Waals surface area contributed by atoms with Gasteiger partial charge in [0.25, 0.3) is 0 Å². The van der Waals surface area contributed by atoms with E-state index in [1.54, 1.807) is 32.4 Å². The van der Waals surface area contributed by atoms with Crippen molar-refractivity contribution in [3.8, 4) is 29.1 Å². The van der Waals surface area contributed by atoms with Gasteiger partial charge in [-0.05, 0) is 42.3 Å². The summed E-state index contributed by atoms with van der Waals surface area (Å²) in [4.78, 5) is 11.3. The van der Waals surface area contributed by atoms with Gasteiger partial charge in [0, 0.05) is 19.4 Å². The van der Waals surface area contributed by atoms with Crippen molar-refractivity contribution in [1.82, 2.24) is 0 Å². The zero-order valence-corrected chi connectivity index (χ0v) is 16.8. The topological polar surface area (TPSA) is 54.0 Å². The molecule has 5 nitrogen and oxygen atoms in total. The van der Waals surface area contributed by atoms with Gasteiger partial charge in [0.15, 0.2) is 0 Å². The standard InChI is InChI=1S/C23H26O5/c1-17(13-14-27-16-19-6-9-21(25-3)10-7-19)5-8-20-15-22(26-4)11-12-23(20)28-18(2)24/h6-7,9-12,15,17H,13-14,16H2,1-4H3/t17-/m0/s1. The van der Waals surface area contributed by atoms with Crippen molar-refractivity contribution in [2.75, 3.05) is 20.8 Å². The maximum atomic E-state index is 11.3. The fourth-order valence-corrected chi connectivity index (χ4v) is 2.42. The van der Waals surface area contributed by atoms with Crippen molar-refractivity contribution >= 4 is 5.97 Å². The second kappa shape index (κ2) is 11.0. The summed E-state index contributed by atoms with van der Waals surface area (Å²) in [7, 11) is 3.23. The average Bonchev–Trinajstić information content (AvgIpc) is 2.70. The molecule has 0 bridgehead atoms. The van der Waals surface area contributed by atoms with Crippen LogP contribution in [0.15, 0.2) is 42.5 Å². The molecule has 0 spiro atoms. The molecule has 5 heteroatoms. The van der Waals surface area contributed by atoms with Crippen LogP contribution < -0.4 is 14.2 Å². The second-order valence-corrected chi connectivity index (χ2v) is 6.32. The average molecular weight is 382 g/mol.